The van der Waals surface area contributed by atoms with E-state index in [1.807, 2.05) is 19.1 Å². The molecule has 0 saturated heterocycles. The van der Waals surface area contributed by atoms with E-state index in [0.29, 0.717) is 18.8 Å². The Morgan fingerprint density at radius 3 is 2.00 bits per heavy atom. The molecule has 4 aromatic rings. The predicted octanol–water partition coefficient (Wildman–Crippen LogP) is 5.97. The van der Waals surface area contributed by atoms with E-state index in [1.165, 1.54) is 0 Å². The largest absolute Gasteiger partial charge is 0.489 e. The van der Waals surface area contributed by atoms with E-state index >= 15 is 0 Å². The highest BCUT2D eigenvalue weighted by atomic mass is 16.6. The zero-order chi connectivity index (χ0) is 25.3. The summed E-state index contributed by atoms with van der Waals surface area (Å²) >= 11 is 0. The van der Waals surface area contributed by atoms with Crippen molar-refractivity contribution >= 4 is 22.9 Å². The molecule has 0 atom stereocenters. The van der Waals surface area contributed by atoms with Gasteiger partial charge in [0.15, 0.2) is 17.1 Å². The fraction of sp³-hybridized carbons (Fsp3) is 0.138. The van der Waals surface area contributed by atoms with Crippen LogP contribution in [0.25, 0.3) is 11.0 Å². The van der Waals surface area contributed by atoms with Crippen LogP contribution in [0.15, 0.2) is 100 Å². The van der Waals surface area contributed by atoms with Crippen molar-refractivity contribution in [2.24, 2.45) is 0 Å². The lowest BCUT2D eigenvalue weighted by Gasteiger charge is -2.14. The van der Waals surface area contributed by atoms with Crippen molar-refractivity contribution in [1.82, 2.24) is 0 Å². The van der Waals surface area contributed by atoms with Crippen molar-refractivity contribution in [1.29, 1.82) is 0 Å². The molecule has 36 heavy (non-hydrogen) atoms. The van der Waals surface area contributed by atoms with Crippen LogP contribution in [0.2, 0.25) is 0 Å². The minimum Gasteiger partial charge on any atom is -0.489 e. The van der Waals surface area contributed by atoms with Gasteiger partial charge in [-0.2, -0.15) is 0 Å². The minimum absolute atomic E-state index is 0.0809. The maximum Gasteiger partial charge on any atom is 0.383 e. The van der Waals surface area contributed by atoms with Crippen molar-refractivity contribution in [2.75, 3.05) is 6.61 Å². The van der Waals surface area contributed by atoms with Gasteiger partial charge in [-0.3, -0.25) is 0 Å². The maximum absolute atomic E-state index is 13.0. The molecule has 0 aliphatic carbocycles. The molecule has 0 aliphatic rings. The summed E-state index contributed by atoms with van der Waals surface area (Å²) in [5.74, 6) is -1.98. The first-order chi connectivity index (χ1) is 17.6. The number of benzene rings is 3. The number of esters is 2. The molecule has 0 unspecified atom stereocenters. The van der Waals surface area contributed by atoms with Crippen molar-refractivity contribution < 1.29 is 28.2 Å². The zero-order valence-corrected chi connectivity index (χ0v) is 19.6. The average molecular weight is 485 g/mol. The topological polar surface area (TPSA) is 92.0 Å². The van der Waals surface area contributed by atoms with E-state index in [-0.39, 0.29) is 27.8 Å². The smallest absolute Gasteiger partial charge is 0.383 e. The van der Waals surface area contributed by atoms with Crippen LogP contribution in [-0.2, 0) is 0 Å². The summed E-state index contributed by atoms with van der Waals surface area (Å²) in [5.41, 5.74) is -0.425. The van der Waals surface area contributed by atoms with E-state index in [2.05, 4.69) is 0 Å². The highest BCUT2D eigenvalue weighted by Crippen LogP contribution is 2.37. The first-order valence-electron chi connectivity index (χ1n) is 11.5. The van der Waals surface area contributed by atoms with Crippen LogP contribution in [0.1, 0.15) is 40.5 Å². The summed E-state index contributed by atoms with van der Waals surface area (Å²) < 4.78 is 22.4. The number of para-hydroxylation sites is 1. The molecule has 0 N–H and O–H groups in total. The molecule has 0 bridgehead atoms. The summed E-state index contributed by atoms with van der Waals surface area (Å²) in [6, 6.07) is 21.3. The second-order valence-corrected chi connectivity index (χ2v) is 7.71. The third-order valence-electron chi connectivity index (χ3n) is 5.16. The molecule has 0 amide bonds. The van der Waals surface area contributed by atoms with Crippen LogP contribution in [-0.4, -0.2) is 18.5 Å². The molecule has 1 aromatic heterocycles. The van der Waals surface area contributed by atoms with E-state index in [1.54, 1.807) is 78.9 Å². The maximum atomic E-state index is 13.0. The van der Waals surface area contributed by atoms with Gasteiger partial charge in [-0.05, 0) is 49.2 Å². The van der Waals surface area contributed by atoms with Gasteiger partial charge in [0.05, 0.1) is 23.1 Å². The Morgan fingerprint density at radius 2 is 1.39 bits per heavy atom. The minimum atomic E-state index is -0.982. The van der Waals surface area contributed by atoms with Gasteiger partial charge in [-0.15, -0.1) is 0 Å². The first kappa shape index (κ1) is 24.5. The third-order valence-corrected chi connectivity index (χ3v) is 5.16. The number of hydrogen-bond donors (Lipinski definition) is 0. The lowest BCUT2D eigenvalue weighted by Crippen LogP contribution is -2.18. The van der Waals surface area contributed by atoms with E-state index in [4.69, 9.17) is 18.6 Å². The molecule has 0 fully saturated rings. The number of carbonyl (C=O) groups excluding carboxylic acids is 2. The van der Waals surface area contributed by atoms with Gasteiger partial charge in [0.25, 0.3) is 5.75 Å². The van der Waals surface area contributed by atoms with Crippen molar-refractivity contribution in [3.05, 3.63) is 113 Å². The number of fused-ring (bicyclic) bond motifs is 1. The monoisotopic (exact) mass is 484 g/mol. The molecule has 0 radical (unpaired) electrons. The SMILES string of the molecule is CCC=CCCOc1cccc2c(OC(=O)c3ccccc3)c(OC(=O)c3ccccc3)c(=O)oc12. The number of ether oxygens (including phenoxy) is 3. The Labute approximate surface area is 207 Å². The Kier molecular flexibility index (Phi) is 7.93. The summed E-state index contributed by atoms with van der Waals surface area (Å²) in [7, 11) is 0. The second-order valence-electron chi connectivity index (χ2n) is 7.71. The molecule has 0 aliphatic heterocycles. The molecule has 3 aromatic carbocycles. The van der Waals surface area contributed by atoms with Gasteiger partial charge >= 0.3 is 17.6 Å². The van der Waals surface area contributed by atoms with E-state index in [0.717, 1.165) is 6.42 Å². The summed E-state index contributed by atoms with van der Waals surface area (Å²) in [6.45, 7) is 2.39. The highest BCUT2D eigenvalue weighted by molar-refractivity contribution is 5.98. The van der Waals surface area contributed by atoms with Gasteiger partial charge in [-0.25, -0.2) is 14.4 Å². The number of hydrogen-bond acceptors (Lipinski definition) is 7. The standard InChI is InChI=1S/C29H24O7/c1-2-3-4-11-19-33-23-18-12-17-22-24(23)34-29(32)26(36-28(31)21-15-9-6-10-16-21)25(22)35-27(30)20-13-7-5-8-14-20/h3-10,12-18H,2,11,19H2,1H3. The van der Waals surface area contributed by atoms with Crippen molar-refractivity contribution in [3.63, 3.8) is 0 Å². The van der Waals surface area contributed by atoms with Gasteiger partial charge in [0.1, 0.15) is 0 Å². The third kappa shape index (κ3) is 5.70. The second kappa shape index (κ2) is 11.7. The van der Waals surface area contributed by atoms with Crippen LogP contribution in [0.4, 0.5) is 0 Å². The van der Waals surface area contributed by atoms with Crippen LogP contribution < -0.4 is 19.8 Å². The van der Waals surface area contributed by atoms with Crippen molar-refractivity contribution in [2.45, 2.75) is 19.8 Å². The van der Waals surface area contributed by atoms with Gasteiger partial charge < -0.3 is 18.6 Å². The number of allylic oxidation sites excluding steroid dienone is 1. The number of rotatable bonds is 9. The Hall–Kier alpha value is -4.65. The number of carbonyl (C=O) groups is 2. The molecular weight excluding hydrogens is 460 g/mol. The van der Waals surface area contributed by atoms with Gasteiger partial charge in [-0.1, -0.05) is 61.5 Å². The normalized spacial score (nSPS) is 10.9. The zero-order valence-electron chi connectivity index (χ0n) is 19.6. The quantitative estimate of drug-likeness (QED) is 0.125. The molecule has 1 heterocycles. The fourth-order valence-corrected chi connectivity index (χ4v) is 3.43. The Bertz CT molecular complexity index is 1440. The van der Waals surface area contributed by atoms with E-state index < -0.39 is 23.3 Å². The van der Waals surface area contributed by atoms with Crippen LogP contribution in [0, 0.1) is 0 Å². The average Bonchev–Trinajstić information content (AvgIpc) is 2.91. The van der Waals surface area contributed by atoms with E-state index in [9.17, 15) is 14.4 Å². The first-order valence-corrected chi connectivity index (χ1v) is 11.5. The molecule has 182 valence electrons. The van der Waals surface area contributed by atoms with Crippen LogP contribution in [0.5, 0.6) is 17.2 Å². The van der Waals surface area contributed by atoms with Crippen LogP contribution >= 0.6 is 0 Å². The lowest BCUT2D eigenvalue weighted by atomic mass is 10.2. The van der Waals surface area contributed by atoms with Crippen molar-refractivity contribution in [3.8, 4) is 17.2 Å². The summed E-state index contributed by atoms with van der Waals surface area (Å²) in [5, 5.41) is 0.247. The molecule has 7 heteroatoms. The molecule has 0 saturated carbocycles. The lowest BCUT2D eigenvalue weighted by molar-refractivity contribution is 0.0678. The van der Waals surface area contributed by atoms with Gasteiger partial charge in [0.2, 0.25) is 0 Å². The Morgan fingerprint density at radius 1 is 0.778 bits per heavy atom. The summed E-state index contributed by atoms with van der Waals surface area (Å²) in [4.78, 5) is 38.6. The predicted molar refractivity (Wildman–Crippen MR) is 135 cm³/mol. The summed E-state index contributed by atoms with van der Waals surface area (Å²) in [6.07, 6.45) is 5.61. The fourth-order valence-electron chi connectivity index (χ4n) is 3.43. The van der Waals surface area contributed by atoms with Gasteiger partial charge in [0, 0.05) is 0 Å². The molecule has 4 rings (SSSR count). The Balaban J connectivity index is 1.76. The van der Waals surface area contributed by atoms with Crippen LogP contribution in [0.3, 0.4) is 0 Å². The molecule has 7 nitrogen and oxygen atoms in total. The molecular formula is C29H24O7. The highest BCUT2D eigenvalue weighted by Gasteiger charge is 2.25. The molecule has 0 spiro atoms.